The van der Waals surface area contributed by atoms with Gasteiger partial charge in [0.05, 0.1) is 16.6 Å². The van der Waals surface area contributed by atoms with Crippen molar-refractivity contribution in [1.82, 2.24) is 9.13 Å². The van der Waals surface area contributed by atoms with Crippen molar-refractivity contribution in [2.75, 3.05) is 5.73 Å². The summed E-state index contributed by atoms with van der Waals surface area (Å²) in [6.07, 6.45) is 3.58. The van der Waals surface area contributed by atoms with Gasteiger partial charge in [0.1, 0.15) is 22.9 Å². The van der Waals surface area contributed by atoms with Gasteiger partial charge in [-0.3, -0.25) is 4.79 Å². The van der Waals surface area contributed by atoms with Gasteiger partial charge in [-0.05, 0) is 35.7 Å². The Kier molecular flexibility index (Phi) is 4.67. The summed E-state index contributed by atoms with van der Waals surface area (Å²) in [5.74, 6) is -6.14. The molecule has 0 fully saturated rings. The molecule has 0 amide bonds. The molecule has 0 aliphatic rings. The highest BCUT2D eigenvalue weighted by atomic mass is 19.1. The van der Waals surface area contributed by atoms with Gasteiger partial charge in [-0.25, -0.2) is 22.4 Å². The van der Waals surface area contributed by atoms with Gasteiger partial charge < -0.3 is 20.0 Å². The second-order valence-corrected chi connectivity index (χ2v) is 7.61. The summed E-state index contributed by atoms with van der Waals surface area (Å²) >= 11 is 0. The van der Waals surface area contributed by atoms with Crippen molar-refractivity contribution < 1.29 is 27.5 Å². The molecule has 3 N–H and O–H groups in total. The number of benzene rings is 3. The van der Waals surface area contributed by atoms with E-state index in [1.54, 1.807) is 18.2 Å². The molecule has 0 atom stereocenters. The molecule has 10 heteroatoms. The Morgan fingerprint density at radius 3 is 2.32 bits per heavy atom. The molecule has 34 heavy (non-hydrogen) atoms. The number of carbonyl (C=O) groups is 1. The molecule has 5 rings (SSSR count). The van der Waals surface area contributed by atoms with Gasteiger partial charge in [0.15, 0.2) is 11.6 Å². The highest BCUT2D eigenvalue weighted by Crippen LogP contribution is 2.31. The second-order valence-electron chi connectivity index (χ2n) is 7.61. The predicted octanol–water partition coefficient (Wildman–Crippen LogP) is 4.77. The van der Waals surface area contributed by atoms with Crippen molar-refractivity contribution in [3.05, 3.63) is 100 Å². The number of hydrogen-bond acceptors (Lipinski definition) is 3. The minimum Gasteiger partial charge on any atom is -0.477 e. The molecule has 0 aliphatic heterocycles. The highest BCUT2D eigenvalue weighted by Gasteiger charge is 2.24. The van der Waals surface area contributed by atoms with E-state index in [0.29, 0.717) is 28.6 Å². The van der Waals surface area contributed by atoms with Crippen LogP contribution in [0.4, 0.5) is 23.2 Å². The molecule has 170 valence electrons. The normalized spacial score (nSPS) is 11.4. The van der Waals surface area contributed by atoms with E-state index in [9.17, 15) is 23.5 Å². The smallest absolute Gasteiger partial charge is 0.341 e. The fourth-order valence-electron chi connectivity index (χ4n) is 3.95. The number of pyridine rings is 1. The molecule has 5 aromatic rings. The van der Waals surface area contributed by atoms with E-state index in [4.69, 9.17) is 5.73 Å². The minimum absolute atomic E-state index is 0.434. The number of fused-ring (bicyclic) bond motifs is 2. The average Bonchev–Trinajstić information content (AvgIpc) is 3.17. The van der Waals surface area contributed by atoms with Gasteiger partial charge >= 0.3 is 5.97 Å². The van der Waals surface area contributed by atoms with Gasteiger partial charge in [0, 0.05) is 35.7 Å². The maximum Gasteiger partial charge on any atom is 0.341 e. The summed E-state index contributed by atoms with van der Waals surface area (Å²) in [6.45, 7) is 0. The lowest BCUT2D eigenvalue weighted by molar-refractivity contribution is 0.0695. The van der Waals surface area contributed by atoms with E-state index in [1.807, 2.05) is 0 Å². The fourth-order valence-corrected chi connectivity index (χ4v) is 3.95. The van der Waals surface area contributed by atoms with Crippen molar-refractivity contribution in [3.8, 4) is 11.4 Å². The number of nitrogens with zero attached hydrogens (tertiary/aromatic N) is 2. The van der Waals surface area contributed by atoms with Crippen molar-refractivity contribution in [3.63, 3.8) is 0 Å². The number of rotatable bonds is 3. The molecule has 2 aromatic heterocycles. The molecular weight excluding hydrogens is 454 g/mol. The van der Waals surface area contributed by atoms with E-state index in [1.165, 1.54) is 12.4 Å². The predicted molar refractivity (Wildman–Crippen MR) is 118 cm³/mol. The molecule has 0 saturated carbocycles. The first-order valence-corrected chi connectivity index (χ1v) is 9.79. The Morgan fingerprint density at radius 2 is 1.62 bits per heavy atom. The first-order valence-electron chi connectivity index (χ1n) is 9.79. The Balaban J connectivity index is 1.91. The maximum atomic E-state index is 15.9. The van der Waals surface area contributed by atoms with Crippen LogP contribution in [-0.4, -0.2) is 20.2 Å². The molecule has 0 radical (unpaired) electrons. The van der Waals surface area contributed by atoms with Crippen molar-refractivity contribution in [1.29, 1.82) is 0 Å². The third kappa shape index (κ3) is 3.19. The number of aromatic carboxylic acids is 1. The summed E-state index contributed by atoms with van der Waals surface area (Å²) < 4.78 is 61.0. The van der Waals surface area contributed by atoms with E-state index in [-0.39, 0.29) is 0 Å². The van der Waals surface area contributed by atoms with Crippen LogP contribution in [0.15, 0.2) is 65.8 Å². The molecule has 0 unspecified atom stereocenters. The lowest BCUT2D eigenvalue weighted by Crippen LogP contribution is -2.20. The zero-order chi connectivity index (χ0) is 24.3. The average molecular weight is 467 g/mol. The summed E-state index contributed by atoms with van der Waals surface area (Å²) in [5, 5.41) is 10.0. The molecule has 6 nitrogen and oxygen atoms in total. The zero-order valence-corrected chi connectivity index (χ0v) is 17.0. The number of halogens is 4. The van der Waals surface area contributed by atoms with Crippen LogP contribution in [0.5, 0.6) is 0 Å². The molecule has 2 heterocycles. The summed E-state index contributed by atoms with van der Waals surface area (Å²) in [5.41, 5.74) is 2.61. The van der Waals surface area contributed by atoms with Crippen LogP contribution >= 0.6 is 0 Å². The number of hydrogen-bond donors (Lipinski definition) is 2. The summed E-state index contributed by atoms with van der Waals surface area (Å²) in [4.78, 5) is 24.3. The van der Waals surface area contributed by atoms with Crippen molar-refractivity contribution in [2.24, 2.45) is 0 Å². The highest BCUT2D eigenvalue weighted by molar-refractivity contribution is 5.94. The van der Waals surface area contributed by atoms with E-state index in [2.05, 4.69) is 0 Å². The minimum atomic E-state index is -1.68. The largest absolute Gasteiger partial charge is 0.477 e. The second kappa shape index (κ2) is 7.48. The van der Waals surface area contributed by atoms with E-state index < -0.39 is 62.5 Å². The zero-order valence-electron chi connectivity index (χ0n) is 17.0. The van der Waals surface area contributed by atoms with E-state index in [0.717, 1.165) is 27.5 Å². The van der Waals surface area contributed by atoms with Crippen LogP contribution in [0.2, 0.25) is 0 Å². The number of carboxylic acids is 1. The summed E-state index contributed by atoms with van der Waals surface area (Å²) in [6, 6.07) is 7.92. The van der Waals surface area contributed by atoms with Crippen LogP contribution in [-0.2, 0) is 0 Å². The van der Waals surface area contributed by atoms with Crippen LogP contribution in [0.1, 0.15) is 10.4 Å². The first-order chi connectivity index (χ1) is 16.2. The number of aromatic nitrogens is 2. The number of carboxylic acid groups (broad SMARTS) is 1. The third-order valence-electron chi connectivity index (χ3n) is 5.48. The van der Waals surface area contributed by atoms with Gasteiger partial charge in [0.2, 0.25) is 5.43 Å². The molecule has 0 aliphatic carbocycles. The fraction of sp³-hybridized carbons (Fsp3) is 0. The Labute approximate surface area is 187 Å². The van der Waals surface area contributed by atoms with Crippen LogP contribution in [0.3, 0.4) is 0 Å². The van der Waals surface area contributed by atoms with Crippen molar-refractivity contribution in [2.45, 2.75) is 0 Å². The summed E-state index contributed by atoms with van der Waals surface area (Å²) in [7, 11) is 0. The molecular formula is C24H13F4N3O3. The number of nitrogens with two attached hydrogens (primary N) is 1. The molecule has 0 spiro atoms. The van der Waals surface area contributed by atoms with E-state index >= 15 is 8.78 Å². The number of nitrogen functional groups attached to an aromatic ring is 1. The lowest BCUT2D eigenvalue weighted by atomic mass is 10.1. The number of anilines is 1. The SMILES string of the molecule is Nc1ccc2cn(-c3c(F)cc4c(=O)c(C(=O)O)cn(-c5ccc(F)cc5F)c4c3F)cc2c1. The monoisotopic (exact) mass is 467 g/mol. The lowest BCUT2D eigenvalue weighted by Gasteiger charge is -2.16. The van der Waals surface area contributed by atoms with Gasteiger partial charge in [-0.15, -0.1) is 0 Å². The van der Waals surface area contributed by atoms with Gasteiger partial charge in [-0.2, -0.15) is 0 Å². The van der Waals surface area contributed by atoms with Gasteiger partial charge in [-0.1, -0.05) is 6.07 Å². The van der Waals surface area contributed by atoms with Crippen LogP contribution < -0.4 is 11.2 Å². The Hall–Kier alpha value is -4.60. The standard InChI is InChI=1S/C24H13F4N3O3/c25-13-2-4-19(17(26)6-13)31-10-16(24(33)34)23(32)15-7-18(27)22(20(28)21(15)31)30-8-11-1-3-14(29)5-12(11)9-30/h1-10H,29H2,(H,33,34). The van der Waals surface area contributed by atoms with Crippen LogP contribution in [0.25, 0.3) is 33.1 Å². The topological polar surface area (TPSA) is 90.2 Å². The Bertz CT molecular complexity index is 1720. The molecule has 0 bridgehead atoms. The quantitative estimate of drug-likeness (QED) is 0.296. The molecule has 0 saturated heterocycles. The first kappa shape index (κ1) is 21.3. The van der Waals surface area contributed by atoms with Crippen LogP contribution in [0, 0.1) is 23.3 Å². The third-order valence-corrected chi connectivity index (χ3v) is 5.48. The van der Waals surface area contributed by atoms with Crippen molar-refractivity contribution >= 4 is 33.3 Å². The Morgan fingerprint density at radius 1 is 0.882 bits per heavy atom. The molecule has 3 aromatic carbocycles. The maximum absolute atomic E-state index is 15.9. The van der Waals surface area contributed by atoms with Gasteiger partial charge in [0.25, 0.3) is 0 Å².